The van der Waals surface area contributed by atoms with Gasteiger partial charge in [0.15, 0.2) is 0 Å². The predicted octanol–water partition coefficient (Wildman–Crippen LogP) is 5.12. The van der Waals surface area contributed by atoms with Crippen molar-refractivity contribution in [2.45, 2.75) is 30.0 Å². The summed E-state index contributed by atoms with van der Waals surface area (Å²) in [7, 11) is 2.01. The maximum atomic E-state index is 13.7. The fourth-order valence-electron chi connectivity index (χ4n) is 3.50. The Bertz CT molecular complexity index is 981. The number of rotatable bonds is 5. The molecule has 0 atom stereocenters. The average Bonchev–Trinajstić information content (AvgIpc) is 3.07. The van der Waals surface area contributed by atoms with E-state index < -0.39 is 17.6 Å². The molecular weight excluding hydrogens is 392 g/mol. The Labute approximate surface area is 163 Å². The summed E-state index contributed by atoms with van der Waals surface area (Å²) in [5.41, 5.74) is -0.421. The van der Waals surface area contributed by atoms with Crippen molar-refractivity contribution in [1.29, 1.82) is 0 Å². The summed E-state index contributed by atoms with van der Waals surface area (Å²) >= 11 is 1.39. The van der Waals surface area contributed by atoms with Crippen molar-refractivity contribution >= 4 is 28.6 Å². The Morgan fingerprint density at radius 1 is 1.21 bits per heavy atom. The SMILES string of the molecule is CN(c1ncnc2[nH]ccc12)[C@H]1C[C@@H](CSc2ccc(C(F)(F)F)c(F)c2)C1. The number of fused-ring (bicyclic) bond motifs is 1. The van der Waals surface area contributed by atoms with Gasteiger partial charge < -0.3 is 9.88 Å². The van der Waals surface area contributed by atoms with Gasteiger partial charge in [-0.3, -0.25) is 0 Å². The number of anilines is 1. The van der Waals surface area contributed by atoms with Crippen molar-refractivity contribution in [2.75, 3.05) is 17.7 Å². The van der Waals surface area contributed by atoms with Crippen molar-refractivity contribution < 1.29 is 17.6 Å². The van der Waals surface area contributed by atoms with Gasteiger partial charge in [0.05, 0.1) is 10.9 Å². The highest BCUT2D eigenvalue weighted by Gasteiger charge is 2.35. The molecule has 9 heteroatoms. The molecule has 2 heterocycles. The number of hydrogen-bond donors (Lipinski definition) is 1. The quantitative estimate of drug-likeness (QED) is 0.468. The third kappa shape index (κ3) is 3.67. The normalized spacial score (nSPS) is 19.6. The zero-order valence-corrected chi connectivity index (χ0v) is 15.8. The maximum Gasteiger partial charge on any atom is 0.419 e. The van der Waals surface area contributed by atoms with Gasteiger partial charge in [0, 0.05) is 29.9 Å². The molecule has 1 fully saturated rings. The molecule has 0 saturated heterocycles. The topological polar surface area (TPSA) is 44.8 Å². The number of nitrogens with zero attached hydrogens (tertiary/aromatic N) is 3. The Balaban J connectivity index is 1.33. The van der Waals surface area contributed by atoms with Gasteiger partial charge in [-0.2, -0.15) is 13.2 Å². The van der Waals surface area contributed by atoms with Crippen LogP contribution >= 0.6 is 11.8 Å². The van der Waals surface area contributed by atoms with E-state index in [9.17, 15) is 17.6 Å². The van der Waals surface area contributed by atoms with E-state index in [1.165, 1.54) is 24.2 Å². The summed E-state index contributed by atoms with van der Waals surface area (Å²) in [6.45, 7) is 0. The molecule has 0 spiro atoms. The highest BCUT2D eigenvalue weighted by molar-refractivity contribution is 7.99. The molecular formula is C19H18F4N4S. The number of aromatic nitrogens is 3. The number of thioether (sulfide) groups is 1. The summed E-state index contributed by atoms with van der Waals surface area (Å²) in [5.74, 6) is 0.847. The van der Waals surface area contributed by atoms with Crippen molar-refractivity contribution in [2.24, 2.45) is 5.92 Å². The van der Waals surface area contributed by atoms with Gasteiger partial charge in [0.2, 0.25) is 0 Å². The van der Waals surface area contributed by atoms with Crippen molar-refractivity contribution in [3.8, 4) is 0 Å². The number of H-pyrrole nitrogens is 1. The second-order valence-corrected chi connectivity index (χ2v) is 8.08. The van der Waals surface area contributed by atoms with E-state index in [4.69, 9.17) is 0 Å². The van der Waals surface area contributed by atoms with Crippen LogP contribution in [0, 0.1) is 11.7 Å². The third-order valence-corrected chi connectivity index (χ3v) is 6.38. The molecule has 3 aromatic rings. The van der Waals surface area contributed by atoms with Gasteiger partial charge in [0.25, 0.3) is 0 Å². The molecule has 0 bridgehead atoms. The van der Waals surface area contributed by atoms with E-state index in [1.807, 2.05) is 19.3 Å². The number of nitrogens with one attached hydrogen (secondary N) is 1. The maximum absolute atomic E-state index is 13.7. The van der Waals surface area contributed by atoms with E-state index in [2.05, 4.69) is 19.9 Å². The first-order valence-corrected chi connectivity index (χ1v) is 9.82. The van der Waals surface area contributed by atoms with Crippen LogP contribution in [-0.4, -0.2) is 33.8 Å². The van der Waals surface area contributed by atoms with Gasteiger partial charge in [-0.1, -0.05) is 0 Å². The minimum Gasteiger partial charge on any atom is -0.356 e. The van der Waals surface area contributed by atoms with Crippen LogP contribution in [0.2, 0.25) is 0 Å². The van der Waals surface area contributed by atoms with Crippen LogP contribution in [0.3, 0.4) is 0 Å². The number of aromatic amines is 1. The monoisotopic (exact) mass is 410 g/mol. The molecule has 0 radical (unpaired) electrons. The van der Waals surface area contributed by atoms with Crippen LogP contribution in [0.15, 0.2) is 41.7 Å². The summed E-state index contributed by atoms with van der Waals surface area (Å²) in [6.07, 6.45) is 0.631. The number of hydrogen-bond acceptors (Lipinski definition) is 4. The third-order valence-electron chi connectivity index (χ3n) is 5.16. The molecule has 1 aliphatic rings. The van der Waals surface area contributed by atoms with Crippen molar-refractivity contribution in [3.63, 3.8) is 0 Å². The Kier molecular flexibility index (Phi) is 4.95. The molecule has 4 nitrogen and oxygen atoms in total. The first-order valence-electron chi connectivity index (χ1n) is 8.83. The number of benzene rings is 1. The van der Waals surface area contributed by atoms with Gasteiger partial charge in [-0.25, -0.2) is 14.4 Å². The minimum absolute atomic E-state index is 0.350. The summed E-state index contributed by atoms with van der Waals surface area (Å²) in [5, 5.41) is 0.975. The molecule has 148 valence electrons. The Morgan fingerprint density at radius 3 is 2.71 bits per heavy atom. The van der Waals surface area contributed by atoms with E-state index in [0.29, 0.717) is 16.9 Å². The van der Waals surface area contributed by atoms with E-state index in [0.717, 1.165) is 47.6 Å². The lowest BCUT2D eigenvalue weighted by Gasteiger charge is -2.41. The fourth-order valence-corrected chi connectivity index (χ4v) is 4.55. The first-order chi connectivity index (χ1) is 13.3. The highest BCUT2D eigenvalue weighted by Crippen LogP contribution is 2.39. The van der Waals surface area contributed by atoms with Crippen molar-refractivity contribution in [3.05, 3.63) is 48.2 Å². The van der Waals surface area contributed by atoms with Crippen LogP contribution in [0.4, 0.5) is 23.4 Å². The molecule has 1 aliphatic carbocycles. The summed E-state index contributed by atoms with van der Waals surface area (Å²) in [4.78, 5) is 14.3. The smallest absolute Gasteiger partial charge is 0.356 e. The van der Waals surface area contributed by atoms with Crippen LogP contribution in [0.25, 0.3) is 11.0 Å². The molecule has 0 aliphatic heterocycles. The number of halogens is 4. The zero-order chi connectivity index (χ0) is 19.9. The Hall–Kier alpha value is -2.29. The standard InChI is InChI=1S/C19H18F4N4S/c1-27(18-14-4-5-24-17(14)25-10-26-18)12-6-11(7-12)9-28-13-2-3-15(16(20)8-13)19(21,22)23/h2-5,8,10-12H,6-7,9H2,1H3,(H,24,25,26)/t11-,12+. The van der Waals surface area contributed by atoms with E-state index >= 15 is 0 Å². The van der Waals surface area contributed by atoms with Gasteiger partial charge in [-0.05, 0) is 43.0 Å². The second-order valence-electron chi connectivity index (χ2n) is 6.99. The minimum atomic E-state index is -4.66. The van der Waals surface area contributed by atoms with Crippen LogP contribution in [0.1, 0.15) is 18.4 Å². The number of alkyl halides is 3. The molecule has 1 saturated carbocycles. The van der Waals surface area contributed by atoms with Crippen molar-refractivity contribution in [1.82, 2.24) is 15.0 Å². The molecule has 1 N–H and O–H groups in total. The van der Waals surface area contributed by atoms with Gasteiger partial charge in [0.1, 0.15) is 23.6 Å². The molecule has 2 aromatic heterocycles. The lowest BCUT2D eigenvalue weighted by Crippen LogP contribution is -2.43. The van der Waals surface area contributed by atoms with Crippen LogP contribution in [0.5, 0.6) is 0 Å². The molecule has 1 aromatic carbocycles. The molecule has 0 unspecified atom stereocenters. The highest BCUT2D eigenvalue weighted by atomic mass is 32.2. The van der Waals surface area contributed by atoms with E-state index in [1.54, 1.807) is 0 Å². The first kappa shape index (κ1) is 19.0. The van der Waals surface area contributed by atoms with Crippen LogP contribution < -0.4 is 4.90 Å². The lowest BCUT2D eigenvalue weighted by atomic mass is 9.81. The van der Waals surface area contributed by atoms with E-state index in [-0.39, 0.29) is 0 Å². The van der Waals surface area contributed by atoms with Gasteiger partial charge in [-0.15, -0.1) is 11.8 Å². The second kappa shape index (κ2) is 7.27. The predicted molar refractivity (Wildman–Crippen MR) is 101 cm³/mol. The van der Waals surface area contributed by atoms with Gasteiger partial charge >= 0.3 is 6.18 Å². The summed E-state index contributed by atoms with van der Waals surface area (Å²) in [6, 6.07) is 5.42. The average molecular weight is 410 g/mol. The summed E-state index contributed by atoms with van der Waals surface area (Å²) < 4.78 is 51.6. The molecule has 0 amide bonds. The Morgan fingerprint density at radius 2 is 2.00 bits per heavy atom. The van der Waals surface area contributed by atoms with Crippen LogP contribution in [-0.2, 0) is 6.18 Å². The lowest BCUT2D eigenvalue weighted by molar-refractivity contribution is -0.140. The zero-order valence-electron chi connectivity index (χ0n) is 15.0. The molecule has 28 heavy (non-hydrogen) atoms. The fraction of sp³-hybridized carbons (Fsp3) is 0.368. The molecule has 4 rings (SSSR count). The largest absolute Gasteiger partial charge is 0.419 e.